The molecule has 0 saturated heterocycles. The summed E-state index contributed by atoms with van der Waals surface area (Å²) in [5.74, 6) is 0.0690. The number of carbonyl (C=O) groups is 2. The number of nitrogens with zero attached hydrogens (tertiary/aromatic N) is 4. The average Bonchev–Trinajstić information content (AvgIpc) is 3.30. The highest BCUT2D eigenvalue weighted by Crippen LogP contribution is 2.42. The average molecular weight is 949 g/mol. The highest BCUT2D eigenvalue weighted by atomic mass is 16.1. The smallest absolute Gasteiger partial charge is 0.186 e. The van der Waals surface area contributed by atoms with Gasteiger partial charge in [0, 0.05) is 55.0 Å². The highest BCUT2D eigenvalue weighted by Gasteiger charge is 2.37. The number of benzene rings is 5. The Morgan fingerprint density at radius 3 is 0.639 bits per heavy atom. The molecule has 0 spiro atoms. The van der Waals surface area contributed by atoms with Crippen LogP contribution in [0, 0.1) is 49.4 Å². The fourth-order valence-electron chi connectivity index (χ4n) is 9.76. The number of carbonyl (C=O) groups excluding carboxylic acids is 2. The van der Waals surface area contributed by atoms with Crippen molar-refractivity contribution in [2.24, 2.45) is 21.7 Å². The zero-order valence-corrected chi connectivity index (χ0v) is 45.2. The number of hydrogen-bond acceptors (Lipinski definition) is 6. The number of rotatable bonds is 4. The van der Waals surface area contributed by atoms with Gasteiger partial charge in [0.15, 0.2) is 11.6 Å². The van der Waals surface area contributed by atoms with E-state index in [2.05, 4.69) is 232 Å². The largest absolute Gasteiger partial charge is 0.289 e. The van der Waals surface area contributed by atoms with Gasteiger partial charge in [0.1, 0.15) is 22.1 Å². The quantitative estimate of drug-likeness (QED) is 0.163. The lowest BCUT2D eigenvalue weighted by Crippen LogP contribution is -2.31. The summed E-state index contributed by atoms with van der Waals surface area (Å²) in [6, 6.07) is 33.9. The molecule has 0 unspecified atom stereocenters. The Morgan fingerprint density at radius 1 is 0.292 bits per heavy atom. The minimum Gasteiger partial charge on any atom is -0.289 e. The van der Waals surface area contributed by atoms with Gasteiger partial charge in [0.2, 0.25) is 0 Å². The molecule has 0 radical (unpaired) electrons. The maximum absolute atomic E-state index is 14.8. The normalized spacial score (nSPS) is 15.0. The Labute approximate surface area is 426 Å². The minimum atomic E-state index is -0.500. The maximum Gasteiger partial charge on any atom is 0.186 e. The third-order valence-corrected chi connectivity index (χ3v) is 14.0. The lowest BCUT2D eigenvalue weighted by Gasteiger charge is -2.32. The van der Waals surface area contributed by atoms with Crippen molar-refractivity contribution < 1.29 is 9.59 Å². The Bertz CT molecular complexity index is 3190. The van der Waals surface area contributed by atoms with Crippen LogP contribution in [-0.2, 0) is 9.59 Å². The lowest BCUT2D eigenvalue weighted by molar-refractivity contribution is -0.114. The molecule has 7 aromatic rings. The molecule has 6 heteroatoms. The van der Waals surface area contributed by atoms with E-state index in [1.807, 2.05) is 0 Å². The molecular formula is C66H68N4O2. The van der Waals surface area contributed by atoms with Crippen molar-refractivity contribution in [3.63, 3.8) is 0 Å². The first-order valence-electron chi connectivity index (χ1n) is 25.3. The molecule has 0 amide bonds. The summed E-state index contributed by atoms with van der Waals surface area (Å²) in [5, 5.41) is 1.47. The molecule has 5 aromatic carbocycles. The van der Waals surface area contributed by atoms with Crippen LogP contribution in [0.25, 0.3) is 78.2 Å². The number of ketones is 2. The van der Waals surface area contributed by atoms with Gasteiger partial charge in [0.25, 0.3) is 0 Å². The molecule has 2 aliphatic carbocycles. The maximum atomic E-state index is 14.8. The Hall–Kier alpha value is -7.18. The molecule has 0 aliphatic heterocycles. The molecule has 72 heavy (non-hydrogen) atoms. The van der Waals surface area contributed by atoms with Crippen LogP contribution in [0.5, 0.6) is 0 Å². The number of allylic oxidation sites excluding steroid dienone is 8. The summed E-state index contributed by atoms with van der Waals surface area (Å²) < 4.78 is 0. The Kier molecular flexibility index (Phi) is 12.3. The van der Waals surface area contributed by atoms with Crippen molar-refractivity contribution >= 4 is 44.8 Å². The van der Waals surface area contributed by atoms with Crippen LogP contribution in [0.2, 0.25) is 0 Å². The molecule has 9 rings (SSSR count). The van der Waals surface area contributed by atoms with Crippen LogP contribution in [0.15, 0.2) is 144 Å². The van der Waals surface area contributed by atoms with Crippen molar-refractivity contribution in [3.05, 3.63) is 176 Å². The second kappa shape index (κ2) is 17.8. The van der Waals surface area contributed by atoms with Gasteiger partial charge in [-0.15, -0.1) is 0 Å². The van der Waals surface area contributed by atoms with Crippen molar-refractivity contribution in [2.45, 2.75) is 111 Å². The van der Waals surface area contributed by atoms with Crippen LogP contribution in [0.1, 0.15) is 105 Å². The third-order valence-electron chi connectivity index (χ3n) is 14.0. The molecule has 6 nitrogen and oxygen atoms in total. The van der Waals surface area contributed by atoms with Gasteiger partial charge >= 0.3 is 0 Å². The summed E-state index contributed by atoms with van der Waals surface area (Å²) in [5.41, 5.74) is 16.0. The molecule has 0 bridgehead atoms. The second-order valence-corrected chi connectivity index (χ2v) is 24.3. The SMILES string of the molecule is Cc1ccc(-c2nc3c(=C4C=C(C(C)(C)C)C(=O)C(C(C)(C)C)=C4)c4nc(-c5ccc(C)cc5)c(-c5ccc(C)cc5)nc4c(=C4C=C(C(C)(C)C)C(=O)C(C(C)(C)C)=C4)c3nc2-c2ccc(C)cc2)cc1. The van der Waals surface area contributed by atoms with E-state index >= 15 is 0 Å². The number of aryl methyl sites for hydroxylation is 4. The molecular weight excluding hydrogens is 881 g/mol. The number of hydrogen-bond donors (Lipinski definition) is 0. The van der Waals surface area contributed by atoms with Crippen molar-refractivity contribution in [1.82, 2.24) is 19.9 Å². The molecule has 0 atom stereocenters. The second-order valence-electron chi connectivity index (χ2n) is 24.3. The minimum absolute atomic E-state index is 0.0345. The van der Waals surface area contributed by atoms with E-state index in [4.69, 9.17) is 19.9 Å². The van der Waals surface area contributed by atoms with E-state index < -0.39 is 21.7 Å². The molecule has 2 aliphatic rings. The summed E-state index contributed by atoms with van der Waals surface area (Å²) in [6.45, 7) is 33.6. The number of aromatic nitrogens is 4. The van der Waals surface area contributed by atoms with Gasteiger partial charge in [0.05, 0.1) is 22.8 Å². The number of fused-ring (bicyclic) bond motifs is 2. The predicted molar refractivity (Wildman–Crippen MR) is 300 cm³/mol. The van der Waals surface area contributed by atoms with E-state index in [-0.39, 0.29) is 11.6 Å². The van der Waals surface area contributed by atoms with Gasteiger partial charge in [-0.25, -0.2) is 19.9 Å². The fraction of sp³-hybridized carbons (Fsp3) is 0.303. The van der Waals surface area contributed by atoms with Crippen LogP contribution in [0.3, 0.4) is 0 Å². The molecule has 364 valence electrons. The summed E-state index contributed by atoms with van der Waals surface area (Å²) >= 11 is 0. The monoisotopic (exact) mass is 949 g/mol. The summed E-state index contributed by atoms with van der Waals surface area (Å²) in [4.78, 5) is 53.1. The fourth-order valence-corrected chi connectivity index (χ4v) is 9.76. The lowest BCUT2D eigenvalue weighted by atomic mass is 9.71. The van der Waals surface area contributed by atoms with Crippen LogP contribution in [-0.4, -0.2) is 31.5 Å². The van der Waals surface area contributed by atoms with Crippen molar-refractivity contribution in [2.75, 3.05) is 0 Å². The molecule has 2 heterocycles. The Balaban J connectivity index is 1.68. The number of Topliss-reactive ketones (excluding diaryl/α,β-unsaturated/α-hetero) is 2. The van der Waals surface area contributed by atoms with Gasteiger partial charge < -0.3 is 0 Å². The van der Waals surface area contributed by atoms with Gasteiger partial charge in [-0.3, -0.25) is 9.59 Å². The molecule has 0 N–H and O–H groups in total. The van der Waals surface area contributed by atoms with Crippen molar-refractivity contribution in [1.29, 1.82) is 0 Å². The van der Waals surface area contributed by atoms with E-state index in [0.717, 1.165) is 66.1 Å². The Morgan fingerprint density at radius 2 is 0.472 bits per heavy atom. The summed E-state index contributed by atoms with van der Waals surface area (Å²) in [6.07, 6.45) is 8.26. The topological polar surface area (TPSA) is 85.7 Å². The van der Waals surface area contributed by atoms with Gasteiger partial charge in [-0.05, 0) is 84.8 Å². The van der Waals surface area contributed by atoms with Crippen LogP contribution >= 0.6 is 0 Å². The molecule has 0 fully saturated rings. The molecule has 2 aromatic heterocycles. The van der Waals surface area contributed by atoms with E-state index in [1.165, 1.54) is 0 Å². The van der Waals surface area contributed by atoms with E-state index in [1.54, 1.807) is 0 Å². The van der Waals surface area contributed by atoms with E-state index in [0.29, 0.717) is 67.1 Å². The van der Waals surface area contributed by atoms with Gasteiger partial charge in [-0.2, -0.15) is 0 Å². The third kappa shape index (κ3) is 9.28. The summed E-state index contributed by atoms with van der Waals surface area (Å²) in [7, 11) is 0. The van der Waals surface area contributed by atoms with Crippen LogP contribution < -0.4 is 10.4 Å². The standard InChI is InChI=1S/C66H68N4O2/c1-37-17-25-41(26-18-37)53-54(42-27-19-38(2)20-28-42)68-58-52(46-35-49(65(11,12)13)62(72)50(36-46)66(14,15)16)60-59(51(57(58)67-53)45-33-47(63(5,6)7)61(71)48(34-45)64(8,9)10)69-55(43-29-21-39(3)22-30-43)56(70-60)44-31-23-40(4)24-32-44/h17-36H,1-16H3. The van der Waals surface area contributed by atoms with Crippen LogP contribution in [0.4, 0.5) is 0 Å². The molecule has 0 saturated carbocycles. The zero-order chi connectivity index (χ0) is 52.0. The van der Waals surface area contributed by atoms with Gasteiger partial charge in [-0.1, -0.05) is 202 Å². The predicted octanol–water partition coefficient (Wildman–Crippen LogP) is 14.8. The first kappa shape index (κ1) is 49.8. The highest BCUT2D eigenvalue weighted by molar-refractivity contribution is 6.17. The first-order chi connectivity index (χ1) is 33.7. The van der Waals surface area contributed by atoms with E-state index in [9.17, 15) is 9.59 Å². The first-order valence-corrected chi connectivity index (χ1v) is 25.3. The van der Waals surface area contributed by atoms with Crippen molar-refractivity contribution in [3.8, 4) is 45.0 Å². The zero-order valence-electron chi connectivity index (χ0n) is 45.2.